The van der Waals surface area contributed by atoms with Crippen LogP contribution in [0, 0.1) is 0 Å². The Kier molecular flexibility index (Phi) is 5.88. The van der Waals surface area contributed by atoms with Crippen molar-refractivity contribution in [3.8, 4) is 0 Å². The molecule has 1 atom stereocenters. The molecule has 0 radical (unpaired) electrons. The summed E-state index contributed by atoms with van der Waals surface area (Å²) in [5, 5.41) is 0. The molecule has 2 saturated heterocycles. The second kappa shape index (κ2) is 7.43. The standard InChI is InChI=1S/C13H24ClN3O2/c1-12-10-16(13(18)9-14)4-5-17(12)11-15-3-2-7-19-8-6-15/h12H,2-11H2,1H3. The zero-order valence-corrected chi connectivity index (χ0v) is 12.4. The fraction of sp³-hybridized carbons (Fsp3) is 0.923. The number of carbonyl (C=O) groups is 1. The van der Waals surface area contributed by atoms with E-state index in [-0.39, 0.29) is 11.8 Å². The topological polar surface area (TPSA) is 36.0 Å². The Morgan fingerprint density at radius 3 is 2.84 bits per heavy atom. The van der Waals surface area contributed by atoms with Gasteiger partial charge in [0.2, 0.25) is 5.91 Å². The van der Waals surface area contributed by atoms with Crippen molar-refractivity contribution < 1.29 is 9.53 Å². The van der Waals surface area contributed by atoms with E-state index in [1.165, 1.54) is 0 Å². The number of alkyl halides is 1. The number of hydrogen-bond donors (Lipinski definition) is 0. The van der Waals surface area contributed by atoms with E-state index in [1.807, 2.05) is 4.90 Å². The van der Waals surface area contributed by atoms with Crippen LogP contribution in [0.5, 0.6) is 0 Å². The van der Waals surface area contributed by atoms with Gasteiger partial charge in [-0.2, -0.15) is 0 Å². The summed E-state index contributed by atoms with van der Waals surface area (Å²) in [6, 6.07) is 0.394. The van der Waals surface area contributed by atoms with E-state index in [4.69, 9.17) is 16.3 Å². The van der Waals surface area contributed by atoms with Crippen molar-refractivity contribution in [3.05, 3.63) is 0 Å². The lowest BCUT2D eigenvalue weighted by atomic mass is 10.2. The van der Waals surface area contributed by atoms with Crippen LogP contribution in [0.15, 0.2) is 0 Å². The highest BCUT2D eigenvalue weighted by molar-refractivity contribution is 6.27. The maximum atomic E-state index is 11.6. The smallest absolute Gasteiger partial charge is 0.237 e. The highest BCUT2D eigenvalue weighted by Crippen LogP contribution is 2.12. The van der Waals surface area contributed by atoms with E-state index in [9.17, 15) is 4.79 Å². The van der Waals surface area contributed by atoms with Gasteiger partial charge >= 0.3 is 0 Å². The second-order valence-corrected chi connectivity index (χ2v) is 5.63. The average Bonchev–Trinajstić information content (AvgIpc) is 2.68. The lowest BCUT2D eigenvalue weighted by Crippen LogP contribution is -2.56. The summed E-state index contributed by atoms with van der Waals surface area (Å²) in [5.41, 5.74) is 0. The van der Waals surface area contributed by atoms with Crippen LogP contribution in [0.3, 0.4) is 0 Å². The van der Waals surface area contributed by atoms with E-state index in [2.05, 4.69) is 16.7 Å². The van der Waals surface area contributed by atoms with Gasteiger partial charge in [-0.25, -0.2) is 0 Å². The van der Waals surface area contributed by atoms with Crippen LogP contribution in [0.4, 0.5) is 0 Å². The molecule has 0 N–H and O–H groups in total. The van der Waals surface area contributed by atoms with Gasteiger partial charge in [0.15, 0.2) is 0 Å². The molecule has 2 aliphatic rings. The minimum Gasteiger partial charge on any atom is -0.380 e. The minimum absolute atomic E-state index is 0.0522. The van der Waals surface area contributed by atoms with Crippen LogP contribution in [0.2, 0.25) is 0 Å². The first-order valence-corrected chi connectivity index (χ1v) is 7.62. The first-order chi connectivity index (χ1) is 9.20. The van der Waals surface area contributed by atoms with E-state index in [0.29, 0.717) is 6.04 Å². The quantitative estimate of drug-likeness (QED) is 0.707. The molecule has 0 aliphatic carbocycles. The van der Waals surface area contributed by atoms with Crippen molar-refractivity contribution >= 4 is 17.5 Å². The number of amides is 1. The first-order valence-electron chi connectivity index (χ1n) is 7.08. The summed E-state index contributed by atoms with van der Waals surface area (Å²) in [5.74, 6) is 0.146. The second-order valence-electron chi connectivity index (χ2n) is 5.36. The fourth-order valence-corrected chi connectivity index (χ4v) is 2.88. The third-order valence-corrected chi connectivity index (χ3v) is 4.16. The normalized spacial score (nSPS) is 27.3. The molecule has 0 aromatic carbocycles. The Morgan fingerprint density at radius 1 is 1.26 bits per heavy atom. The van der Waals surface area contributed by atoms with E-state index >= 15 is 0 Å². The fourth-order valence-electron chi connectivity index (χ4n) is 2.71. The first kappa shape index (κ1) is 15.0. The molecule has 2 fully saturated rings. The van der Waals surface area contributed by atoms with Crippen molar-refractivity contribution in [3.63, 3.8) is 0 Å². The van der Waals surface area contributed by atoms with Crippen LogP contribution in [-0.2, 0) is 9.53 Å². The molecule has 2 heterocycles. The van der Waals surface area contributed by atoms with Gasteiger partial charge in [-0.3, -0.25) is 14.6 Å². The third-order valence-electron chi connectivity index (χ3n) is 3.93. The molecule has 2 rings (SSSR count). The number of piperazine rings is 1. The highest BCUT2D eigenvalue weighted by atomic mass is 35.5. The third kappa shape index (κ3) is 4.31. The summed E-state index contributed by atoms with van der Waals surface area (Å²) < 4.78 is 5.48. The zero-order chi connectivity index (χ0) is 13.7. The molecule has 5 nitrogen and oxygen atoms in total. The zero-order valence-electron chi connectivity index (χ0n) is 11.7. The van der Waals surface area contributed by atoms with Crippen LogP contribution in [0.1, 0.15) is 13.3 Å². The summed E-state index contributed by atoms with van der Waals surface area (Å²) in [7, 11) is 0. The van der Waals surface area contributed by atoms with Gasteiger partial charge in [-0.15, -0.1) is 11.6 Å². The SMILES string of the molecule is CC1CN(C(=O)CCl)CCN1CN1CCCOCC1. The molecule has 0 aromatic heterocycles. The molecule has 1 amide bonds. The van der Waals surface area contributed by atoms with Gasteiger partial charge in [0.25, 0.3) is 0 Å². The lowest BCUT2D eigenvalue weighted by Gasteiger charge is -2.41. The molecule has 0 bridgehead atoms. The maximum Gasteiger partial charge on any atom is 0.237 e. The van der Waals surface area contributed by atoms with Crippen LogP contribution < -0.4 is 0 Å². The molecule has 0 saturated carbocycles. The van der Waals surface area contributed by atoms with Crippen LogP contribution in [-0.4, -0.2) is 85.1 Å². The van der Waals surface area contributed by atoms with Gasteiger partial charge in [-0.1, -0.05) is 0 Å². The monoisotopic (exact) mass is 289 g/mol. The average molecular weight is 290 g/mol. The van der Waals surface area contributed by atoms with Gasteiger partial charge < -0.3 is 9.64 Å². The minimum atomic E-state index is 0.0522. The Morgan fingerprint density at radius 2 is 2.11 bits per heavy atom. The Labute approximate surface area is 120 Å². The molecule has 6 heteroatoms. The number of carbonyl (C=O) groups excluding carboxylic acids is 1. The van der Waals surface area contributed by atoms with E-state index in [0.717, 1.165) is 59.0 Å². The van der Waals surface area contributed by atoms with Gasteiger partial charge in [0.1, 0.15) is 5.88 Å². The van der Waals surface area contributed by atoms with Crippen molar-refractivity contribution in [2.45, 2.75) is 19.4 Å². The molecule has 19 heavy (non-hydrogen) atoms. The van der Waals surface area contributed by atoms with Gasteiger partial charge in [-0.05, 0) is 13.3 Å². The van der Waals surface area contributed by atoms with Crippen molar-refractivity contribution in [1.82, 2.24) is 14.7 Å². The number of hydrogen-bond acceptors (Lipinski definition) is 4. The predicted molar refractivity (Wildman–Crippen MR) is 75.3 cm³/mol. The summed E-state index contributed by atoms with van der Waals surface area (Å²) >= 11 is 5.62. The summed E-state index contributed by atoms with van der Waals surface area (Å²) in [4.78, 5) is 18.4. The van der Waals surface area contributed by atoms with Crippen molar-refractivity contribution in [2.24, 2.45) is 0 Å². The number of rotatable bonds is 3. The molecule has 2 aliphatic heterocycles. The van der Waals surface area contributed by atoms with Crippen LogP contribution in [0.25, 0.3) is 0 Å². The van der Waals surface area contributed by atoms with Gasteiger partial charge in [0, 0.05) is 45.4 Å². The Hall–Kier alpha value is -0.360. The lowest BCUT2D eigenvalue weighted by molar-refractivity contribution is -0.131. The molecule has 1 unspecified atom stereocenters. The summed E-state index contributed by atoms with van der Waals surface area (Å²) in [6.07, 6.45) is 1.11. The number of nitrogens with zero attached hydrogens (tertiary/aromatic N) is 3. The molecular weight excluding hydrogens is 266 g/mol. The molecule has 110 valence electrons. The number of halogens is 1. The molecule has 0 aromatic rings. The van der Waals surface area contributed by atoms with Crippen LogP contribution >= 0.6 is 11.6 Å². The van der Waals surface area contributed by atoms with E-state index < -0.39 is 0 Å². The molecule has 0 spiro atoms. The van der Waals surface area contributed by atoms with E-state index in [1.54, 1.807) is 0 Å². The largest absolute Gasteiger partial charge is 0.380 e. The predicted octanol–water partition coefficient (Wildman–Crippen LogP) is 0.438. The highest BCUT2D eigenvalue weighted by Gasteiger charge is 2.27. The Bertz CT molecular complexity index is 296. The molecular formula is C13H24ClN3O2. The van der Waals surface area contributed by atoms with Crippen molar-refractivity contribution in [2.75, 3.05) is 58.5 Å². The summed E-state index contributed by atoms with van der Waals surface area (Å²) in [6.45, 7) is 9.50. The van der Waals surface area contributed by atoms with Crippen molar-refractivity contribution in [1.29, 1.82) is 0 Å². The number of ether oxygens (including phenoxy) is 1. The Balaban J connectivity index is 1.80. The maximum absolute atomic E-state index is 11.6. The van der Waals surface area contributed by atoms with Gasteiger partial charge in [0.05, 0.1) is 13.3 Å².